The molecule has 212 valence electrons. The van der Waals surface area contributed by atoms with Gasteiger partial charge in [0.05, 0.1) is 23.1 Å². The molecule has 0 saturated heterocycles. The molecule has 0 N–H and O–H groups in total. The molecule has 44 heavy (non-hydrogen) atoms. The van der Waals surface area contributed by atoms with E-state index >= 15 is 0 Å². The molecule has 0 amide bonds. The monoisotopic (exact) mass is 566 g/mol. The van der Waals surface area contributed by atoms with Crippen LogP contribution >= 0.6 is 0 Å². The van der Waals surface area contributed by atoms with Crippen LogP contribution in [0, 0.1) is 30.1 Å². The van der Waals surface area contributed by atoms with Crippen LogP contribution in [0.25, 0.3) is 54.7 Å². The maximum absolute atomic E-state index is 6.51. The maximum Gasteiger partial charge on any atom is 0.120 e. The molecule has 2 unspecified atom stereocenters. The normalized spacial score (nSPS) is 16.7. The summed E-state index contributed by atoms with van der Waals surface area (Å²) in [6, 6.07) is 37.3. The van der Waals surface area contributed by atoms with E-state index in [2.05, 4.69) is 152 Å². The molecular weight excluding hydrogens is 532 g/mol. The highest BCUT2D eigenvalue weighted by atomic mass is 15.0. The molecule has 2 nitrogen and oxygen atoms in total. The largest absolute Gasteiger partial charge is 0.329 e. The molecule has 8 rings (SSSR count). The third-order valence-electron chi connectivity index (χ3n) is 10.4. The van der Waals surface area contributed by atoms with E-state index in [1.165, 1.54) is 43.8 Å². The zero-order valence-electron chi connectivity index (χ0n) is 25.6. The van der Waals surface area contributed by atoms with Crippen LogP contribution in [-0.2, 0) is 12.0 Å². The van der Waals surface area contributed by atoms with Crippen LogP contribution in [0.2, 0.25) is 0 Å². The van der Waals surface area contributed by atoms with Gasteiger partial charge in [0.15, 0.2) is 0 Å². The van der Waals surface area contributed by atoms with Gasteiger partial charge >= 0.3 is 0 Å². The predicted molar refractivity (Wildman–Crippen MR) is 186 cm³/mol. The first-order valence-corrected chi connectivity index (χ1v) is 15.4. The Morgan fingerprint density at radius 1 is 0.659 bits per heavy atom. The van der Waals surface area contributed by atoms with Gasteiger partial charge in [-0.05, 0) is 57.5 Å². The molecule has 0 aliphatic heterocycles. The van der Waals surface area contributed by atoms with E-state index in [9.17, 15) is 0 Å². The number of benzene rings is 5. The van der Waals surface area contributed by atoms with Crippen LogP contribution in [-0.4, -0.2) is 9.13 Å². The second-order valence-corrected chi connectivity index (χ2v) is 13.4. The molecule has 2 heteroatoms. The first kappa shape index (κ1) is 26.4. The Kier molecular flexibility index (Phi) is 5.51. The van der Waals surface area contributed by atoms with Crippen molar-refractivity contribution in [3.63, 3.8) is 0 Å². The van der Waals surface area contributed by atoms with Crippen molar-refractivity contribution < 1.29 is 0 Å². The number of hydrogen-bond donors (Lipinski definition) is 0. The van der Waals surface area contributed by atoms with E-state index in [0.29, 0.717) is 6.54 Å². The minimum Gasteiger partial charge on any atom is -0.329 e. The van der Waals surface area contributed by atoms with Crippen LogP contribution < -0.4 is 0 Å². The van der Waals surface area contributed by atoms with Crippen molar-refractivity contribution in [1.29, 1.82) is 0 Å². The van der Waals surface area contributed by atoms with E-state index in [1.54, 1.807) is 0 Å². The van der Waals surface area contributed by atoms with Gasteiger partial charge in [-0.15, -0.1) is 12.8 Å². The SMILES string of the molecule is C#CCn1c2ccccc2c2cc3c(cc21)c1ccccc1n3C(C#C)c1ccc2c(c1)C(C)(C(C)(C)C)c1ccccc1-2. The standard InChI is InChI=1S/C42H34N2/c1-7-23-43-37-19-13-10-16-30(37)32-26-40-33(25-39(32)43)31-17-11-14-20-38(31)44(40)36(8-2)27-21-22-29-28-15-9-12-18-34(28)42(6,35(29)24-27)41(3,4)5/h1-2,9-22,24-26,36H,23H2,3-6H3. The van der Waals surface area contributed by atoms with Gasteiger partial charge in [0.2, 0.25) is 0 Å². The van der Waals surface area contributed by atoms with Crippen molar-refractivity contribution >= 4 is 43.6 Å². The fraction of sp³-hybridized carbons (Fsp3) is 0.190. The lowest BCUT2D eigenvalue weighted by Gasteiger charge is -2.41. The summed E-state index contributed by atoms with van der Waals surface area (Å²) in [6.07, 6.45) is 12.4. The van der Waals surface area contributed by atoms with Gasteiger partial charge in [0.1, 0.15) is 6.04 Å². The van der Waals surface area contributed by atoms with Gasteiger partial charge in [0.25, 0.3) is 0 Å². The highest BCUT2D eigenvalue weighted by Crippen LogP contribution is 2.57. The second kappa shape index (κ2) is 9.16. The van der Waals surface area contributed by atoms with Gasteiger partial charge in [-0.1, -0.05) is 118 Å². The van der Waals surface area contributed by atoms with E-state index in [-0.39, 0.29) is 16.9 Å². The summed E-state index contributed by atoms with van der Waals surface area (Å²) in [5.41, 5.74) is 10.9. The first-order chi connectivity index (χ1) is 21.3. The Bertz CT molecular complexity index is 2390. The minimum atomic E-state index is -0.285. The molecular formula is C42H34N2. The summed E-state index contributed by atoms with van der Waals surface area (Å²) in [7, 11) is 0. The number of terminal acetylenes is 2. The van der Waals surface area contributed by atoms with Crippen LogP contribution in [0.5, 0.6) is 0 Å². The maximum atomic E-state index is 6.51. The zero-order chi connectivity index (χ0) is 30.4. The third-order valence-corrected chi connectivity index (χ3v) is 10.4. The van der Waals surface area contributed by atoms with Gasteiger partial charge in [-0.3, -0.25) is 0 Å². The van der Waals surface area contributed by atoms with Crippen molar-refractivity contribution in [3.05, 3.63) is 120 Å². The molecule has 0 bridgehead atoms. The van der Waals surface area contributed by atoms with Gasteiger partial charge in [-0.25, -0.2) is 0 Å². The molecule has 2 atom stereocenters. The number of para-hydroxylation sites is 2. The van der Waals surface area contributed by atoms with E-state index in [1.807, 2.05) is 0 Å². The first-order valence-electron chi connectivity index (χ1n) is 15.4. The third kappa shape index (κ3) is 3.35. The molecule has 2 aromatic heterocycles. The summed E-state index contributed by atoms with van der Waals surface area (Å²) in [5.74, 6) is 6.09. The number of rotatable bonds is 3. The summed E-state index contributed by atoms with van der Waals surface area (Å²) >= 11 is 0. The molecule has 0 saturated carbocycles. The average Bonchev–Trinajstić information content (AvgIpc) is 3.62. The van der Waals surface area contributed by atoms with E-state index < -0.39 is 0 Å². The Hall–Kier alpha value is -5.18. The summed E-state index contributed by atoms with van der Waals surface area (Å²) in [4.78, 5) is 0. The lowest BCUT2D eigenvalue weighted by atomic mass is 9.62. The highest BCUT2D eigenvalue weighted by molar-refractivity contribution is 6.18. The van der Waals surface area contributed by atoms with Crippen LogP contribution in [0.3, 0.4) is 0 Å². The van der Waals surface area contributed by atoms with Crippen molar-refractivity contribution in [2.24, 2.45) is 5.41 Å². The molecule has 0 radical (unpaired) electrons. The number of hydrogen-bond acceptors (Lipinski definition) is 0. The van der Waals surface area contributed by atoms with Crippen molar-refractivity contribution in [2.45, 2.75) is 45.7 Å². The summed E-state index contributed by atoms with van der Waals surface area (Å²) < 4.78 is 4.62. The highest BCUT2D eigenvalue weighted by Gasteiger charge is 2.47. The number of aromatic nitrogens is 2. The summed E-state index contributed by atoms with van der Waals surface area (Å²) in [6.45, 7) is 9.96. The van der Waals surface area contributed by atoms with Gasteiger partial charge in [-0.2, -0.15) is 0 Å². The molecule has 0 fully saturated rings. The number of nitrogens with zero attached hydrogens (tertiary/aromatic N) is 2. The van der Waals surface area contributed by atoms with Gasteiger partial charge in [0, 0.05) is 32.5 Å². The lowest BCUT2D eigenvalue weighted by Crippen LogP contribution is -2.36. The van der Waals surface area contributed by atoms with Crippen LogP contribution in [0.1, 0.15) is 50.4 Å². The number of fused-ring (bicyclic) bond motifs is 9. The van der Waals surface area contributed by atoms with Crippen LogP contribution in [0.15, 0.2) is 103 Å². The fourth-order valence-electron chi connectivity index (χ4n) is 7.89. The minimum absolute atomic E-state index is 0.00364. The Balaban J connectivity index is 1.42. The van der Waals surface area contributed by atoms with Crippen molar-refractivity contribution in [2.75, 3.05) is 0 Å². The topological polar surface area (TPSA) is 9.86 Å². The zero-order valence-corrected chi connectivity index (χ0v) is 25.6. The average molecular weight is 567 g/mol. The molecule has 2 heterocycles. The van der Waals surface area contributed by atoms with Gasteiger partial charge < -0.3 is 9.13 Å². The van der Waals surface area contributed by atoms with E-state index in [4.69, 9.17) is 12.8 Å². The van der Waals surface area contributed by atoms with Crippen LogP contribution in [0.4, 0.5) is 0 Å². The lowest BCUT2D eigenvalue weighted by molar-refractivity contribution is 0.254. The Labute approximate surface area is 258 Å². The fourth-order valence-corrected chi connectivity index (χ4v) is 7.89. The van der Waals surface area contributed by atoms with E-state index in [0.717, 1.165) is 27.6 Å². The smallest absolute Gasteiger partial charge is 0.120 e. The summed E-state index contributed by atoms with van der Waals surface area (Å²) in [5, 5.41) is 4.76. The quantitative estimate of drug-likeness (QED) is 0.188. The molecule has 7 aromatic rings. The van der Waals surface area contributed by atoms with Crippen molar-refractivity contribution in [1.82, 2.24) is 9.13 Å². The molecule has 0 spiro atoms. The van der Waals surface area contributed by atoms with Crippen molar-refractivity contribution in [3.8, 4) is 35.8 Å². The Morgan fingerprint density at radius 2 is 1.27 bits per heavy atom. The molecule has 5 aromatic carbocycles. The second-order valence-electron chi connectivity index (χ2n) is 13.4. The Morgan fingerprint density at radius 3 is 2.00 bits per heavy atom. The molecule has 1 aliphatic rings. The molecule has 1 aliphatic carbocycles. The predicted octanol–water partition coefficient (Wildman–Crippen LogP) is 10.1.